The number of hydrogen-bond donors (Lipinski definition) is 1. The Labute approximate surface area is 187 Å². The SMILES string of the molecule is CCOC(=O)c1sc2nc([C@@H](C)Sc3nc4ccccc4n3C(C)C)[nH]c(=O)c2c1C. The number of aromatic nitrogens is 4. The van der Waals surface area contributed by atoms with Gasteiger partial charge in [-0.3, -0.25) is 4.79 Å². The van der Waals surface area contributed by atoms with Gasteiger partial charge in [-0.25, -0.2) is 14.8 Å². The van der Waals surface area contributed by atoms with Crippen molar-refractivity contribution in [2.75, 3.05) is 6.61 Å². The minimum Gasteiger partial charge on any atom is -0.462 e. The van der Waals surface area contributed by atoms with E-state index in [1.165, 1.54) is 11.3 Å². The highest BCUT2D eigenvalue weighted by Gasteiger charge is 2.23. The number of para-hydroxylation sites is 2. The number of thiophene rings is 1. The molecule has 9 heteroatoms. The molecule has 162 valence electrons. The van der Waals surface area contributed by atoms with Gasteiger partial charge in [-0.15, -0.1) is 11.3 Å². The number of ether oxygens (including phenoxy) is 1. The number of benzene rings is 1. The van der Waals surface area contributed by atoms with E-state index in [0.717, 1.165) is 16.2 Å². The number of nitrogens with one attached hydrogen (secondary N) is 1. The number of rotatable bonds is 6. The Morgan fingerprint density at radius 3 is 2.71 bits per heavy atom. The van der Waals surface area contributed by atoms with Crippen LogP contribution < -0.4 is 5.56 Å². The smallest absolute Gasteiger partial charge is 0.348 e. The van der Waals surface area contributed by atoms with E-state index >= 15 is 0 Å². The van der Waals surface area contributed by atoms with Gasteiger partial charge in [-0.05, 0) is 52.3 Å². The fourth-order valence-corrected chi connectivity index (χ4v) is 5.76. The molecule has 0 fully saturated rings. The molecule has 7 nitrogen and oxygen atoms in total. The normalized spacial score (nSPS) is 12.7. The van der Waals surface area contributed by atoms with Crippen molar-refractivity contribution in [3.05, 3.63) is 50.9 Å². The molecule has 0 bridgehead atoms. The molecule has 0 aliphatic rings. The zero-order chi connectivity index (χ0) is 22.3. The number of hydrogen-bond acceptors (Lipinski definition) is 7. The van der Waals surface area contributed by atoms with Crippen LogP contribution in [0.3, 0.4) is 0 Å². The summed E-state index contributed by atoms with van der Waals surface area (Å²) in [5.41, 5.74) is 2.39. The molecule has 0 aliphatic carbocycles. The van der Waals surface area contributed by atoms with Crippen molar-refractivity contribution in [1.29, 1.82) is 0 Å². The minimum absolute atomic E-state index is 0.139. The number of nitrogens with zero attached hydrogens (tertiary/aromatic N) is 3. The van der Waals surface area contributed by atoms with E-state index in [9.17, 15) is 9.59 Å². The summed E-state index contributed by atoms with van der Waals surface area (Å²) in [6, 6.07) is 8.29. The summed E-state index contributed by atoms with van der Waals surface area (Å²) in [7, 11) is 0. The lowest BCUT2D eigenvalue weighted by Crippen LogP contribution is -2.13. The predicted molar refractivity (Wildman–Crippen MR) is 125 cm³/mol. The van der Waals surface area contributed by atoms with E-state index in [-0.39, 0.29) is 23.5 Å². The van der Waals surface area contributed by atoms with E-state index in [1.807, 2.05) is 25.1 Å². The van der Waals surface area contributed by atoms with Gasteiger partial charge in [0, 0.05) is 6.04 Å². The molecule has 1 aromatic carbocycles. The van der Waals surface area contributed by atoms with Crippen LogP contribution in [-0.4, -0.2) is 32.1 Å². The summed E-state index contributed by atoms with van der Waals surface area (Å²) in [5.74, 6) is 0.138. The standard InChI is InChI=1S/C22H24N4O3S2/c1-6-29-21(28)17-12(4)16-19(27)24-18(25-20(16)31-17)13(5)30-22-23-14-9-7-8-10-15(14)26(22)11(2)3/h7-11,13H,6H2,1-5H3,(H,24,25,27)/t13-/m1/s1. The average Bonchev–Trinajstić information content (AvgIpc) is 3.25. The van der Waals surface area contributed by atoms with E-state index in [0.29, 0.717) is 26.5 Å². The molecule has 0 aliphatic heterocycles. The van der Waals surface area contributed by atoms with Gasteiger partial charge in [0.25, 0.3) is 5.56 Å². The van der Waals surface area contributed by atoms with Crippen LogP contribution in [0.25, 0.3) is 21.3 Å². The topological polar surface area (TPSA) is 89.9 Å². The third kappa shape index (κ3) is 3.87. The predicted octanol–water partition coefficient (Wildman–Crippen LogP) is 5.25. The summed E-state index contributed by atoms with van der Waals surface area (Å²) >= 11 is 2.75. The van der Waals surface area contributed by atoms with Crippen LogP contribution in [0, 0.1) is 6.92 Å². The molecule has 3 aromatic heterocycles. The van der Waals surface area contributed by atoms with E-state index in [1.54, 1.807) is 25.6 Å². The highest BCUT2D eigenvalue weighted by atomic mass is 32.2. The number of H-pyrrole nitrogens is 1. The van der Waals surface area contributed by atoms with Crippen LogP contribution in [0.2, 0.25) is 0 Å². The third-order valence-electron chi connectivity index (χ3n) is 5.03. The summed E-state index contributed by atoms with van der Waals surface area (Å²) in [6.45, 7) is 10.0. The number of fused-ring (bicyclic) bond motifs is 2. The van der Waals surface area contributed by atoms with Crippen LogP contribution in [0.1, 0.15) is 60.0 Å². The van der Waals surface area contributed by atoms with Crippen LogP contribution in [0.5, 0.6) is 0 Å². The highest BCUT2D eigenvalue weighted by molar-refractivity contribution is 7.99. The maximum absolute atomic E-state index is 12.8. The molecule has 1 atom stereocenters. The Bertz CT molecular complexity index is 1340. The number of aryl methyl sites for hydroxylation is 1. The van der Waals surface area contributed by atoms with E-state index in [4.69, 9.17) is 9.72 Å². The first-order valence-electron chi connectivity index (χ1n) is 10.2. The zero-order valence-electron chi connectivity index (χ0n) is 18.1. The second-order valence-electron chi connectivity index (χ2n) is 7.51. The Hall–Kier alpha value is -2.65. The van der Waals surface area contributed by atoms with Crippen molar-refractivity contribution < 1.29 is 9.53 Å². The summed E-state index contributed by atoms with van der Waals surface area (Å²) in [5, 5.41) is 1.18. The number of thioether (sulfide) groups is 1. The average molecular weight is 457 g/mol. The van der Waals surface area contributed by atoms with Crippen molar-refractivity contribution in [2.24, 2.45) is 0 Å². The van der Waals surface area contributed by atoms with Gasteiger partial charge in [0.15, 0.2) is 5.16 Å². The number of imidazole rings is 1. The molecular formula is C22H24N4O3S2. The number of carbonyl (C=O) groups excluding carboxylic acids is 1. The second kappa shape index (κ2) is 8.47. The molecule has 3 heterocycles. The van der Waals surface area contributed by atoms with Crippen molar-refractivity contribution in [3.8, 4) is 0 Å². The monoisotopic (exact) mass is 456 g/mol. The number of esters is 1. The van der Waals surface area contributed by atoms with Crippen molar-refractivity contribution in [1.82, 2.24) is 19.5 Å². The molecule has 0 unspecified atom stereocenters. The summed E-state index contributed by atoms with van der Waals surface area (Å²) < 4.78 is 7.31. The van der Waals surface area contributed by atoms with Gasteiger partial charge in [-0.2, -0.15) is 0 Å². The quantitative estimate of drug-likeness (QED) is 0.315. The molecule has 31 heavy (non-hydrogen) atoms. The van der Waals surface area contributed by atoms with Gasteiger partial charge in [-0.1, -0.05) is 23.9 Å². The molecule has 0 radical (unpaired) electrons. The highest BCUT2D eigenvalue weighted by Crippen LogP contribution is 2.37. The van der Waals surface area contributed by atoms with Crippen LogP contribution >= 0.6 is 23.1 Å². The molecule has 0 saturated carbocycles. The summed E-state index contributed by atoms with van der Waals surface area (Å²) in [6.07, 6.45) is 0. The van der Waals surface area contributed by atoms with Crippen molar-refractivity contribution in [2.45, 2.75) is 51.1 Å². The molecule has 0 saturated heterocycles. The molecule has 1 N–H and O–H groups in total. The molecule has 4 aromatic rings. The molecule has 0 spiro atoms. The Balaban J connectivity index is 1.73. The largest absolute Gasteiger partial charge is 0.462 e. The molecular weight excluding hydrogens is 432 g/mol. The third-order valence-corrected chi connectivity index (χ3v) is 7.27. The van der Waals surface area contributed by atoms with Crippen LogP contribution in [0.15, 0.2) is 34.2 Å². The lowest BCUT2D eigenvalue weighted by Gasteiger charge is -2.15. The second-order valence-corrected chi connectivity index (χ2v) is 9.82. The van der Waals surface area contributed by atoms with Gasteiger partial charge in [0.2, 0.25) is 0 Å². The maximum Gasteiger partial charge on any atom is 0.348 e. The Morgan fingerprint density at radius 2 is 2.00 bits per heavy atom. The van der Waals surface area contributed by atoms with Gasteiger partial charge in [0.05, 0.1) is 28.3 Å². The number of carbonyl (C=O) groups is 1. The fraction of sp³-hybridized carbons (Fsp3) is 0.364. The first kappa shape index (κ1) is 21.6. The first-order valence-corrected chi connectivity index (χ1v) is 11.9. The Morgan fingerprint density at radius 1 is 1.26 bits per heavy atom. The van der Waals surface area contributed by atoms with Gasteiger partial charge >= 0.3 is 5.97 Å². The van der Waals surface area contributed by atoms with Crippen molar-refractivity contribution in [3.63, 3.8) is 0 Å². The first-order chi connectivity index (χ1) is 14.8. The van der Waals surface area contributed by atoms with Crippen LogP contribution in [0.4, 0.5) is 0 Å². The maximum atomic E-state index is 12.8. The minimum atomic E-state index is -0.419. The van der Waals surface area contributed by atoms with Crippen LogP contribution in [-0.2, 0) is 4.74 Å². The molecule has 0 amide bonds. The van der Waals surface area contributed by atoms with E-state index in [2.05, 4.69) is 34.4 Å². The van der Waals surface area contributed by atoms with E-state index < -0.39 is 5.97 Å². The fourth-order valence-electron chi connectivity index (χ4n) is 3.56. The Kier molecular flexibility index (Phi) is 5.90. The number of aromatic amines is 1. The van der Waals surface area contributed by atoms with Crippen molar-refractivity contribution >= 4 is 50.3 Å². The van der Waals surface area contributed by atoms with Gasteiger partial charge < -0.3 is 14.3 Å². The summed E-state index contributed by atoms with van der Waals surface area (Å²) in [4.78, 5) is 38.4. The van der Waals surface area contributed by atoms with Gasteiger partial charge in [0.1, 0.15) is 15.5 Å². The lowest BCUT2D eigenvalue weighted by atomic mass is 10.2. The lowest BCUT2D eigenvalue weighted by molar-refractivity contribution is 0.0531. The zero-order valence-corrected chi connectivity index (χ0v) is 19.7. The molecule has 4 rings (SSSR count).